The number of aromatic nitrogens is 3. The first kappa shape index (κ1) is 31.9. The van der Waals surface area contributed by atoms with Crippen LogP contribution in [0, 0.1) is 5.82 Å². The van der Waals surface area contributed by atoms with Crippen LogP contribution in [-0.4, -0.2) is 71.2 Å². The Hall–Kier alpha value is -4.00. The molecule has 0 radical (unpaired) electrons. The van der Waals surface area contributed by atoms with Gasteiger partial charge in [-0.3, -0.25) is 4.79 Å². The lowest BCUT2D eigenvalue weighted by Crippen LogP contribution is -2.33. The Morgan fingerprint density at radius 3 is 2.53 bits per heavy atom. The molecule has 1 aromatic heterocycles. The van der Waals surface area contributed by atoms with Gasteiger partial charge in [0.2, 0.25) is 17.8 Å². The number of hydrogen-bond donors (Lipinski definition) is 4. The van der Waals surface area contributed by atoms with Crippen LogP contribution in [0.3, 0.4) is 0 Å². The summed E-state index contributed by atoms with van der Waals surface area (Å²) in [4.78, 5) is 29.7. The number of nitrogens with one attached hydrogen (secondary N) is 3. The van der Waals surface area contributed by atoms with Gasteiger partial charge in [0.1, 0.15) is 17.9 Å². The first-order valence-electron chi connectivity index (χ1n) is 13.9. The van der Waals surface area contributed by atoms with Gasteiger partial charge in [0.25, 0.3) is 0 Å². The molecule has 0 spiro atoms. The Morgan fingerprint density at radius 2 is 1.91 bits per heavy atom. The minimum atomic E-state index is -1.37. The minimum Gasteiger partial charge on any atom is -0.494 e. The van der Waals surface area contributed by atoms with Crippen LogP contribution in [0.2, 0.25) is 5.02 Å². The number of carbonyl (C=O) groups excluding carboxylic acids is 1. The van der Waals surface area contributed by atoms with E-state index in [4.69, 9.17) is 16.3 Å². The third-order valence-corrected chi connectivity index (χ3v) is 7.43. The monoisotopic (exact) mass is 612 g/mol. The van der Waals surface area contributed by atoms with E-state index in [0.717, 1.165) is 38.0 Å². The molecule has 230 valence electrons. The second-order valence-corrected chi connectivity index (χ2v) is 11.5. The van der Waals surface area contributed by atoms with Gasteiger partial charge in [0, 0.05) is 29.9 Å². The Morgan fingerprint density at radius 1 is 1.21 bits per heavy atom. The lowest BCUT2D eigenvalue weighted by molar-refractivity contribution is -0.111. The summed E-state index contributed by atoms with van der Waals surface area (Å²) in [5.74, 6) is -0.173. The number of aliphatic hydroxyl groups is 1. The van der Waals surface area contributed by atoms with Crippen molar-refractivity contribution in [3.8, 4) is 5.75 Å². The number of anilines is 6. The summed E-state index contributed by atoms with van der Waals surface area (Å²) < 4.78 is 19.9. The average molecular weight is 613 g/mol. The van der Waals surface area contributed by atoms with Crippen LogP contribution >= 0.6 is 11.6 Å². The van der Waals surface area contributed by atoms with Crippen molar-refractivity contribution < 1.29 is 19.0 Å². The molecule has 0 saturated carbocycles. The first-order valence-corrected chi connectivity index (χ1v) is 14.3. The summed E-state index contributed by atoms with van der Waals surface area (Å²) >= 11 is 6.02. The van der Waals surface area contributed by atoms with E-state index in [1.807, 2.05) is 6.07 Å². The van der Waals surface area contributed by atoms with Gasteiger partial charge < -0.3 is 35.6 Å². The summed E-state index contributed by atoms with van der Waals surface area (Å²) in [6.45, 7) is 8.47. The van der Waals surface area contributed by atoms with E-state index in [2.05, 4.69) is 61.4 Å². The fraction of sp³-hybridized carbons (Fsp3) is 0.400. The summed E-state index contributed by atoms with van der Waals surface area (Å²) in [6.07, 6.45) is 5.61. The van der Waals surface area contributed by atoms with Crippen LogP contribution in [0.25, 0.3) is 0 Å². The van der Waals surface area contributed by atoms with Gasteiger partial charge in [-0.05, 0) is 78.0 Å². The van der Waals surface area contributed by atoms with Gasteiger partial charge in [0.15, 0.2) is 0 Å². The van der Waals surface area contributed by atoms with Gasteiger partial charge >= 0.3 is 0 Å². The highest BCUT2D eigenvalue weighted by Crippen LogP contribution is 2.41. The molecule has 1 saturated heterocycles. The molecule has 1 aliphatic rings. The maximum Gasteiger partial charge on any atom is 0.247 e. The average Bonchev–Trinajstić information content (AvgIpc) is 3.42. The molecule has 1 atom stereocenters. The van der Waals surface area contributed by atoms with Crippen LogP contribution in [0.15, 0.2) is 43.2 Å². The molecule has 1 amide bonds. The second kappa shape index (κ2) is 13.5. The SMILES string of the molecule is C=CC(=O)Nc1cc(Nc2ncnc(Nc3cc(Cl)c(F)cc3C(C)(C)O)n2)c(OC)cc1N1CCC[C@@H]1CCN(C)C. The van der Waals surface area contributed by atoms with E-state index in [9.17, 15) is 14.3 Å². The predicted octanol–water partition coefficient (Wildman–Crippen LogP) is 5.43. The third kappa shape index (κ3) is 7.89. The summed E-state index contributed by atoms with van der Waals surface area (Å²) in [5, 5.41) is 19.5. The summed E-state index contributed by atoms with van der Waals surface area (Å²) in [5.41, 5.74) is 1.19. The molecule has 1 aliphatic heterocycles. The van der Waals surface area contributed by atoms with Gasteiger partial charge in [-0.2, -0.15) is 4.98 Å². The Labute approximate surface area is 256 Å². The van der Waals surface area contributed by atoms with Crippen molar-refractivity contribution in [1.29, 1.82) is 0 Å². The Bertz CT molecular complexity index is 1480. The Balaban J connectivity index is 1.67. The molecule has 2 aromatic carbocycles. The van der Waals surface area contributed by atoms with E-state index in [-0.39, 0.29) is 28.4 Å². The zero-order valence-corrected chi connectivity index (χ0v) is 25.8. The van der Waals surface area contributed by atoms with E-state index in [0.29, 0.717) is 28.9 Å². The fourth-order valence-corrected chi connectivity index (χ4v) is 5.20. The van der Waals surface area contributed by atoms with Crippen LogP contribution < -0.4 is 25.6 Å². The summed E-state index contributed by atoms with van der Waals surface area (Å²) in [7, 11) is 5.68. The standard InChI is InChI=1S/C30H38ClFN8O3/c1-7-27(41)35-23-15-24(26(43-6)16-25(23)40-11-8-9-18(40)10-12-39(4)5)37-29-34-17-33-28(38-29)36-22-14-20(31)21(32)13-19(22)30(2,3)42/h7,13-18,42H,1,8-12H2,2-6H3,(H,35,41)(H2,33,34,36,37,38)/t18-/m1/s1. The van der Waals surface area contributed by atoms with Gasteiger partial charge in [-0.15, -0.1) is 0 Å². The minimum absolute atomic E-state index is 0.121. The molecular formula is C30H38ClFN8O3. The van der Waals surface area contributed by atoms with Crippen molar-refractivity contribution in [1.82, 2.24) is 19.9 Å². The highest BCUT2D eigenvalue weighted by Gasteiger charge is 2.28. The number of hydrogen-bond acceptors (Lipinski definition) is 10. The van der Waals surface area contributed by atoms with Crippen LogP contribution in [0.4, 0.5) is 39.0 Å². The van der Waals surface area contributed by atoms with Crippen molar-refractivity contribution >= 4 is 52.2 Å². The van der Waals surface area contributed by atoms with Crippen molar-refractivity contribution in [3.63, 3.8) is 0 Å². The van der Waals surface area contributed by atoms with Gasteiger partial charge in [-0.25, -0.2) is 14.4 Å². The van der Waals surface area contributed by atoms with Crippen molar-refractivity contribution in [2.24, 2.45) is 0 Å². The predicted molar refractivity (Wildman–Crippen MR) is 168 cm³/mol. The van der Waals surface area contributed by atoms with Crippen molar-refractivity contribution in [3.05, 3.63) is 59.7 Å². The highest BCUT2D eigenvalue weighted by atomic mass is 35.5. The molecule has 2 heterocycles. The van der Waals surface area contributed by atoms with E-state index in [1.54, 1.807) is 13.2 Å². The fourth-order valence-electron chi connectivity index (χ4n) is 5.03. The first-order chi connectivity index (χ1) is 20.4. The van der Waals surface area contributed by atoms with Crippen molar-refractivity contribution in [2.45, 2.75) is 44.8 Å². The third-order valence-electron chi connectivity index (χ3n) is 7.14. The maximum absolute atomic E-state index is 14.2. The number of methoxy groups -OCH3 is 1. The molecule has 43 heavy (non-hydrogen) atoms. The normalized spacial score (nSPS) is 15.0. The zero-order chi connectivity index (χ0) is 31.3. The molecule has 1 fully saturated rings. The number of ether oxygens (including phenoxy) is 1. The quantitative estimate of drug-likeness (QED) is 0.197. The smallest absolute Gasteiger partial charge is 0.247 e. The van der Waals surface area contributed by atoms with Crippen molar-refractivity contribution in [2.75, 3.05) is 55.1 Å². The molecular weight excluding hydrogens is 575 g/mol. The summed E-state index contributed by atoms with van der Waals surface area (Å²) in [6, 6.07) is 6.52. The lowest BCUT2D eigenvalue weighted by atomic mass is 9.96. The number of nitrogens with zero attached hydrogens (tertiary/aromatic N) is 5. The van der Waals surface area contributed by atoms with Crippen LogP contribution in [-0.2, 0) is 10.4 Å². The molecule has 4 N–H and O–H groups in total. The molecule has 3 aromatic rings. The molecule has 4 rings (SSSR count). The number of amides is 1. The largest absolute Gasteiger partial charge is 0.494 e. The number of rotatable bonds is 12. The molecule has 13 heteroatoms. The van der Waals surface area contributed by atoms with E-state index < -0.39 is 11.4 Å². The molecule has 11 nitrogen and oxygen atoms in total. The van der Waals surface area contributed by atoms with Crippen LogP contribution in [0.1, 0.15) is 38.7 Å². The van der Waals surface area contributed by atoms with E-state index in [1.165, 1.54) is 38.4 Å². The molecule has 0 aliphatic carbocycles. The zero-order valence-electron chi connectivity index (χ0n) is 25.0. The maximum atomic E-state index is 14.2. The lowest BCUT2D eigenvalue weighted by Gasteiger charge is -2.30. The Kier molecular flexibility index (Phi) is 10.0. The van der Waals surface area contributed by atoms with E-state index >= 15 is 0 Å². The topological polar surface area (TPSA) is 128 Å². The second-order valence-electron chi connectivity index (χ2n) is 11.1. The molecule has 0 unspecified atom stereocenters. The van der Waals surface area contributed by atoms with Crippen LogP contribution in [0.5, 0.6) is 5.75 Å². The molecule has 0 bridgehead atoms. The van der Waals surface area contributed by atoms with Gasteiger partial charge in [-0.1, -0.05) is 18.2 Å². The van der Waals surface area contributed by atoms with Gasteiger partial charge in [0.05, 0.1) is 34.8 Å². The number of benzene rings is 2. The number of halogens is 2. The highest BCUT2D eigenvalue weighted by molar-refractivity contribution is 6.31. The number of carbonyl (C=O) groups is 1.